The van der Waals surface area contributed by atoms with Crippen LogP contribution in [0.1, 0.15) is 24.2 Å². The van der Waals surface area contributed by atoms with E-state index in [0.29, 0.717) is 10.8 Å². The zero-order chi connectivity index (χ0) is 18.5. The second-order valence-electron chi connectivity index (χ2n) is 6.12. The third-order valence-electron chi connectivity index (χ3n) is 4.04. The summed E-state index contributed by atoms with van der Waals surface area (Å²) in [6, 6.07) is 19.2. The number of carbonyl (C=O) groups excluding carboxylic acids is 1. The number of aryl methyl sites for hydroxylation is 1. The Labute approximate surface area is 158 Å². The van der Waals surface area contributed by atoms with Crippen LogP contribution in [0.3, 0.4) is 0 Å². The number of para-hydroxylation sites is 1. The third kappa shape index (κ3) is 4.50. The van der Waals surface area contributed by atoms with Crippen molar-refractivity contribution in [2.24, 2.45) is 0 Å². The first kappa shape index (κ1) is 18.2. The summed E-state index contributed by atoms with van der Waals surface area (Å²) in [5.41, 5.74) is 2.82. The molecule has 1 atom stereocenters. The van der Waals surface area contributed by atoms with Crippen LogP contribution in [-0.4, -0.2) is 22.2 Å². The summed E-state index contributed by atoms with van der Waals surface area (Å²) >= 11 is 5.91. The number of hydrogen-bond acceptors (Lipinski definition) is 3. The van der Waals surface area contributed by atoms with Crippen LogP contribution in [0, 0.1) is 6.92 Å². The lowest BCUT2D eigenvalue weighted by Gasteiger charge is -2.14. The number of amides is 1. The Morgan fingerprint density at radius 3 is 2.54 bits per heavy atom. The average molecular weight is 369 g/mol. The van der Waals surface area contributed by atoms with Gasteiger partial charge in [-0.25, -0.2) is 4.68 Å². The molecule has 2 aromatic carbocycles. The van der Waals surface area contributed by atoms with Crippen molar-refractivity contribution in [2.45, 2.75) is 19.9 Å². The number of benzene rings is 2. The second kappa shape index (κ2) is 8.17. The Hall–Kier alpha value is -2.63. The minimum absolute atomic E-state index is 0.0405. The van der Waals surface area contributed by atoms with Gasteiger partial charge in [0.1, 0.15) is 5.82 Å². The fourth-order valence-corrected chi connectivity index (χ4v) is 2.78. The van der Waals surface area contributed by atoms with E-state index in [1.807, 2.05) is 74.5 Å². The molecule has 0 aliphatic heterocycles. The summed E-state index contributed by atoms with van der Waals surface area (Å²) in [5.74, 6) is 0.530. The Morgan fingerprint density at radius 2 is 1.85 bits per heavy atom. The summed E-state index contributed by atoms with van der Waals surface area (Å²) in [4.78, 5) is 12.4. The van der Waals surface area contributed by atoms with Gasteiger partial charge in [-0.15, -0.1) is 0 Å². The van der Waals surface area contributed by atoms with Gasteiger partial charge < -0.3 is 10.6 Å². The lowest BCUT2D eigenvalue weighted by atomic mass is 10.1. The summed E-state index contributed by atoms with van der Waals surface area (Å²) < 4.78 is 1.73. The average Bonchev–Trinajstić information content (AvgIpc) is 3.01. The van der Waals surface area contributed by atoms with Crippen LogP contribution in [0.5, 0.6) is 0 Å². The highest BCUT2D eigenvalue weighted by molar-refractivity contribution is 6.30. The third-order valence-corrected chi connectivity index (χ3v) is 4.29. The molecule has 6 heteroatoms. The van der Waals surface area contributed by atoms with Gasteiger partial charge in [0.2, 0.25) is 5.91 Å². The van der Waals surface area contributed by atoms with Gasteiger partial charge in [-0.2, -0.15) is 5.10 Å². The molecule has 0 spiro atoms. The van der Waals surface area contributed by atoms with Gasteiger partial charge in [0.25, 0.3) is 0 Å². The molecule has 0 bridgehead atoms. The Balaban J connectivity index is 1.63. The van der Waals surface area contributed by atoms with Crippen molar-refractivity contribution in [3.8, 4) is 5.69 Å². The van der Waals surface area contributed by atoms with E-state index in [4.69, 9.17) is 11.6 Å². The van der Waals surface area contributed by atoms with E-state index in [2.05, 4.69) is 15.7 Å². The van der Waals surface area contributed by atoms with Gasteiger partial charge in [-0.3, -0.25) is 4.79 Å². The molecule has 2 N–H and O–H groups in total. The molecule has 3 rings (SSSR count). The van der Waals surface area contributed by atoms with E-state index in [-0.39, 0.29) is 18.5 Å². The maximum atomic E-state index is 12.4. The summed E-state index contributed by atoms with van der Waals surface area (Å²) in [6.45, 7) is 4.10. The van der Waals surface area contributed by atoms with Crippen molar-refractivity contribution < 1.29 is 4.79 Å². The van der Waals surface area contributed by atoms with Crippen molar-refractivity contribution in [1.29, 1.82) is 0 Å². The Morgan fingerprint density at radius 1 is 1.15 bits per heavy atom. The first-order chi connectivity index (χ1) is 12.5. The molecule has 5 nitrogen and oxygen atoms in total. The van der Waals surface area contributed by atoms with E-state index in [0.717, 1.165) is 16.9 Å². The maximum absolute atomic E-state index is 12.4. The van der Waals surface area contributed by atoms with Crippen LogP contribution >= 0.6 is 11.6 Å². The van der Waals surface area contributed by atoms with E-state index >= 15 is 0 Å². The van der Waals surface area contributed by atoms with Crippen LogP contribution in [0.4, 0.5) is 5.82 Å². The van der Waals surface area contributed by atoms with Crippen molar-refractivity contribution in [2.75, 3.05) is 11.9 Å². The number of nitrogens with one attached hydrogen (secondary N) is 2. The van der Waals surface area contributed by atoms with Crippen molar-refractivity contribution in [3.05, 3.63) is 76.9 Å². The molecule has 3 aromatic rings. The summed E-state index contributed by atoms with van der Waals surface area (Å²) in [7, 11) is 0. The summed E-state index contributed by atoms with van der Waals surface area (Å²) in [5, 5.41) is 11.3. The predicted octanol–water partition coefficient (Wildman–Crippen LogP) is 4.12. The molecular formula is C20H21ClN4O. The topological polar surface area (TPSA) is 59.0 Å². The van der Waals surface area contributed by atoms with Crippen LogP contribution in [0.2, 0.25) is 5.02 Å². The van der Waals surface area contributed by atoms with Gasteiger partial charge in [0.05, 0.1) is 17.9 Å². The number of carbonyl (C=O) groups is 1. The number of anilines is 1. The number of hydrogen-bond donors (Lipinski definition) is 2. The minimum Gasteiger partial charge on any atom is -0.309 e. The molecule has 1 aromatic heterocycles. The lowest BCUT2D eigenvalue weighted by molar-refractivity contribution is -0.115. The van der Waals surface area contributed by atoms with Crippen LogP contribution < -0.4 is 10.6 Å². The van der Waals surface area contributed by atoms with Gasteiger partial charge in [-0.1, -0.05) is 41.9 Å². The van der Waals surface area contributed by atoms with Gasteiger partial charge in [0, 0.05) is 17.1 Å². The van der Waals surface area contributed by atoms with Gasteiger partial charge in [-0.05, 0) is 43.7 Å². The van der Waals surface area contributed by atoms with Gasteiger partial charge >= 0.3 is 0 Å². The molecule has 1 amide bonds. The lowest BCUT2D eigenvalue weighted by Crippen LogP contribution is -2.30. The minimum atomic E-state index is -0.122. The smallest absolute Gasteiger partial charge is 0.239 e. The molecule has 0 saturated carbocycles. The fraction of sp³-hybridized carbons (Fsp3) is 0.200. The molecule has 26 heavy (non-hydrogen) atoms. The molecule has 1 heterocycles. The SMILES string of the molecule is Cc1cc(NC(=O)CN[C@H](C)c2ccc(Cl)cc2)n(-c2ccccc2)n1. The molecule has 0 saturated heterocycles. The van der Waals surface area contributed by atoms with Gasteiger partial charge in [0.15, 0.2) is 0 Å². The van der Waals surface area contributed by atoms with E-state index in [9.17, 15) is 4.79 Å². The second-order valence-corrected chi connectivity index (χ2v) is 6.56. The van der Waals surface area contributed by atoms with Crippen molar-refractivity contribution >= 4 is 23.3 Å². The molecular weight excluding hydrogens is 348 g/mol. The number of nitrogens with zero attached hydrogens (tertiary/aromatic N) is 2. The molecule has 0 aliphatic carbocycles. The number of halogens is 1. The molecule has 0 unspecified atom stereocenters. The molecule has 0 aliphatic rings. The van der Waals surface area contributed by atoms with Crippen LogP contribution in [0.15, 0.2) is 60.7 Å². The predicted molar refractivity (Wildman–Crippen MR) is 105 cm³/mol. The standard InChI is InChI=1S/C20H21ClN4O/c1-14-12-19(25(24-14)18-6-4-3-5-7-18)23-20(26)13-22-15(2)16-8-10-17(21)11-9-16/h3-12,15,22H,13H2,1-2H3,(H,23,26)/t15-/m1/s1. The van der Waals surface area contributed by atoms with Crippen molar-refractivity contribution in [1.82, 2.24) is 15.1 Å². The zero-order valence-electron chi connectivity index (χ0n) is 14.7. The molecule has 134 valence electrons. The first-order valence-electron chi connectivity index (χ1n) is 8.44. The zero-order valence-corrected chi connectivity index (χ0v) is 15.5. The van der Waals surface area contributed by atoms with E-state index in [1.54, 1.807) is 4.68 Å². The highest BCUT2D eigenvalue weighted by Gasteiger charge is 2.12. The number of aromatic nitrogens is 2. The fourth-order valence-electron chi connectivity index (χ4n) is 2.66. The number of rotatable bonds is 6. The quantitative estimate of drug-likeness (QED) is 0.688. The Bertz CT molecular complexity index is 875. The van der Waals surface area contributed by atoms with E-state index in [1.165, 1.54) is 0 Å². The van der Waals surface area contributed by atoms with Crippen LogP contribution in [-0.2, 0) is 4.79 Å². The van der Waals surface area contributed by atoms with E-state index < -0.39 is 0 Å². The van der Waals surface area contributed by atoms with Crippen molar-refractivity contribution in [3.63, 3.8) is 0 Å². The molecule has 0 fully saturated rings. The maximum Gasteiger partial charge on any atom is 0.239 e. The normalized spacial score (nSPS) is 12.0. The highest BCUT2D eigenvalue weighted by atomic mass is 35.5. The monoisotopic (exact) mass is 368 g/mol. The highest BCUT2D eigenvalue weighted by Crippen LogP contribution is 2.18. The van der Waals surface area contributed by atoms with Crippen LogP contribution in [0.25, 0.3) is 5.69 Å². The molecule has 0 radical (unpaired) electrons. The summed E-state index contributed by atoms with van der Waals surface area (Å²) in [6.07, 6.45) is 0. The largest absolute Gasteiger partial charge is 0.309 e. The Kier molecular flexibility index (Phi) is 5.71. The first-order valence-corrected chi connectivity index (χ1v) is 8.81.